The molecule has 0 radical (unpaired) electrons. The highest BCUT2D eigenvalue weighted by Gasteiger charge is 2.21. The van der Waals surface area contributed by atoms with Crippen LogP contribution in [0.4, 0.5) is 4.79 Å². The van der Waals surface area contributed by atoms with Gasteiger partial charge in [-0.25, -0.2) is 4.79 Å². The number of carbonyl (C=O) groups is 1. The van der Waals surface area contributed by atoms with E-state index < -0.39 is 0 Å². The number of nitrogens with zero attached hydrogens (tertiary/aromatic N) is 2. The second-order valence-electron chi connectivity index (χ2n) is 5.01. The molecule has 0 bridgehead atoms. The van der Waals surface area contributed by atoms with E-state index in [0.717, 1.165) is 44.2 Å². The highest BCUT2D eigenvalue weighted by molar-refractivity contribution is 5.73. The van der Waals surface area contributed by atoms with Crippen molar-refractivity contribution >= 4 is 6.03 Å². The standard InChI is InChI=1S/C14H19N3O3/c1-15-14(18)17-6-4-16(5-7-17)9-11-2-3-12-13(8-11)20-10-19-12/h2-3,8H,4-7,9-10H2,1H3,(H,15,18). The summed E-state index contributed by atoms with van der Waals surface area (Å²) in [6.07, 6.45) is 0. The van der Waals surface area contributed by atoms with Gasteiger partial charge in [0.15, 0.2) is 11.5 Å². The second kappa shape index (κ2) is 5.58. The smallest absolute Gasteiger partial charge is 0.317 e. The first-order valence-electron chi connectivity index (χ1n) is 6.84. The molecule has 20 heavy (non-hydrogen) atoms. The zero-order valence-corrected chi connectivity index (χ0v) is 11.6. The van der Waals surface area contributed by atoms with Crippen molar-refractivity contribution in [3.63, 3.8) is 0 Å². The maximum Gasteiger partial charge on any atom is 0.317 e. The Balaban J connectivity index is 1.56. The average molecular weight is 277 g/mol. The van der Waals surface area contributed by atoms with E-state index in [4.69, 9.17) is 9.47 Å². The Morgan fingerprint density at radius 2 is 1.95 bits per heavy atom. The molecule has 0 spiro atoms. The predicted octanol–water partition coefficient (Wildman–Crippen LogP) is 0.872. The first-order chi connectivity index (χ1) is 9.76. The molecule has 3 rings (SSSR count). The molecular weight excluding hydrogens is 258 g/mol. The van der Waals surface area contributed by atoms with Crippen LogP contribution in [0.2, 0.25) is 0 Å². The maximum atomic E-state index is 11.5. The highest BCUT2D eigenvalue weighted by Crippen LogP contribution is 2.32. The first-order valence-corrected chi connectivity index (χ1v) is 6.84. The summed E-state index contributed by atoms with van der Waals surface area (Å²) in [7, 11) is 1.67. The maximum absolute atomic E-state index is 11.5. The molecule has 108 valence electrons. The molecule has 1 saturated heterocycles. The molecule has 6 heteroatoms. The molecule has 1 fully saturated rings. The molecule has 0 unspecified atom stereocenters. The molecule has 1 N–H and O–H groups in total. The molecule has 2 aliphatic heterocycles. The van der Waals surface area contributed by atoms with E-state index >= 15 is 0 Å². The number of amides is 2. The van der Waals surface area contributed by atoms with Crippen molar-refractivity contribution in [2.24, 2.45) is 0 Å². The van der Waals surface area contributed by atoms with Crippen LogP contribution in [-0.4, -0.2) is 55.9 Å². The number of piperazine rings is 1. The predicted molar refractivity (Wildman–Crippen MR) is 73.9 cm³/mol. The summed E-state index contributed by atoms with van der Waals surface area (Å²) in [6.45, 7) is 4.50. The quantitative estimate of drug-likeness (QED) is 0.871. The first kappa shape index (κ1) is 13.1. The van der Waals surface area contributed by atoms with Gasteiger partial charge in [-0.1, -0.05) is 6.07 Å². The van der Waals surface area contributed by atoms with E-state index in [0.29, 0.717) is 6.79 Å². The van der Waals surface area contributed by atoms with Gasteiger partial charge in [0.2, 0.25) is 6.79 Å². The van der Waals surface area contributed by atoms with Crippen molar-refractivity contribution in [1.82, 2.24) is 15.1 Å². The molecule has 0 aliphatic carbocycles. The fourth-order valence-corrected chi connectivity index (χ4v) is 2.56. The summed E-state index contributed by atoms with van der Waals surface area (Å²) in [6, 6.07) is 6.07. The van der Waals surface area contributed by atoms with Gasteiger partial charge in [-0.2, -0.15) is 0 Å². The Kier molecular flexibility index (Phi) is 3.64. The summed E-state index contributed by atoms with van der Waals surface area (Å²) >= 11 is 0. The summed E-state index contributed by atoms with van der Waals surface area (Å²) in [5.41, 5.74) is 1.21. The lowest BCUT2D eigenvalue weighted by Crippen LogP contribution is -2.50. The van der Waals surface area contributed by atoms with E-state index in [1.54, 1.807) is 7.05 Å². The van der Waals surface area contributed by atoms with Crippen LogP contribution in [-0.2, 0) is 6.54 Å². The van der Waals surface area contributed by atoms with Crippen LogP contribution in [0.1, 0.15) is 5.56 Å². The normalized spacial score (nSPS) is 18.1. The molecule has 0 aromatic heterocycles. The van der Waals surface area contributed by atoms with Crippen LogP contribution in [0.15, 0.2) is 18.2 Å². The Labute approximate surface area is 118 Å². The van der Waals surface area contributed by atoms with Gasteiger partial charge in [-0.05, 0) is 17.7 Å². The fourth-order valence-electron chi connectivity index (χ4n) is 2.56. The van der Waals surface area contributed by atoms with E-state index in [-0.39, 0.29) is 6.03 Å². The van der Waals surface area contributed by atoms with Crippen molar-refractivity contribution in [3.05, 3.63) is 23.8 Å². The minimum Gasteiger partial charge on any atom is -0.454 e. The average Bonchev–Trinajstić information content (AvgIpc) is 2.95. The van der Waals surface area contributed by atoms with Crippen molar-refractivity contribution in [2.45, 2.75) is 6.54 Å². The number of hydrogen-bond donors (Lipinski definition) is 1. The van der Waals surface area contributed by atoms with Crippen LogP contribution in [0.3, 0.4) is 0 Å². The minimum atomic E-state index is 0.00716. The number of hydrogen-bond acceptors (Lipinski definition) is 4. The number of ether oxygens (including phenoxy) is 2. The largest absolute Gasteiger partial charge is 0.454 e. The number of nitrogens with one attached hydrogen (secondary N) is 1. The molecule has 2 heterocycles. The molecule has 2 amide bonds. The lowest BCUT2D eigenvalue weighted by Gasteiger charge is -2.34. The molecule has 0 saturated carbocycles. The van der Waals surface area contributed by atoms with Crippen LogP contribution in [0, 0.1) is 0 Å². The lowest BCUT2D eigenvalue weighted by molar-refractivity contribution is 0.136. The minimum absolute atomic E-state index is 0.00716. The molecule has 6 nitrogen and oxygen atoms in total. The van der Waals surface area contributed by atoms with Gasteiger partial charge >= 0.3 is 6.03 Å². The molecular formula is C14H19N3O3. The van der Waals surface area contributed by atoms with Gasteiger partial charge < -0.3 is 19.7 Å². The number of benzene rings is 1. The zero-order chi connectivity index (χ0) is 13.9. The number of urea groups is 1. The third-order valence-electron chi connectivity index (χ3n) is 3.72. The zero-order valence-electron chi connectivity index (χ0n) is 11.6. The number of fused-ring (bicyclic) bond motifs is 1. The fraction of sp³-hybridized carbons (Fsp3) is 0.500. The van der Waals surface area contributed by atoms with Gasteiger partial charge in [0.25, 0.3) is 0 Å². The van der Waals surface area contributed by atoms with Crippen LogP contribution in [0.25, 0.3) is 0 Å². The highest BCUT2D eigenvalue weighted by atomic mass is 16.7. The Bertz CT molecular complexity index is 498. The Morgan fingerprint density at radius 1 is 1.20 bits per heavy atom. The number of carbonyl (C=O) groups excluding carboxylic acids is 1. The summed E-state index contributed by atoms with van der Waals surface area (Å²) < 4.78 is 10.7. The van der Waals surface area contributed by atoms with Crippen LogP contribution < -0.4 is 14.8 Å². The van der Waals surface area contributed by atoms with Gasteiger partial charge in [-0.3, -0.25) is 4.90 Å². The Morgan fingerprint density at radius 3 is 2.70 bits per heavy atom. The number of rotatable bonds is 2. The second-order valence-corrected chi connectivity index (χ2v) is 5.01. The van der Waals surface area contributed by atoms with Crippen molar-refractivity contribution in [3.8, 4) is 11.5 Å². The SMILES string of the molecule is CNC(=O)N1CCN(Cc2ccc3c(c2)OCO3)CC1. The van der Waals surface area contributed by atoms with E-state index in [1.807, 2.05) is 17.0 Å². The Hall–Kier alpha value is -1.95. The molecule has 1 aromatic rings. The van der Waals surface area contributed by atoms with Crippen LogP contribution in [0.5, 0.6) is 11.5 Å². The van der Waals surface area contributed by atoms with Crippen LogP contribution >= 0.6 is 0 Å². The van der Waals surface area contributed by atoms with Gasteiger partial charge in [0, 0.05) is 39.8 Å². The third-order valence-corrected chi connectivity index (χ3v) is 3.72. The molecule has 0 atom stereocenters. The third kappa shape index (κ3) is 2.65. The van der Waals surface area contributed by atoms with E-state index in [2.05, 4.69) is 16.3 Å². The topological polar surface area (TPSA) is 54.0 Å². The monoisotopic (exact) mass is 277 g/mol. The molecule has 2 aliphatic rings. The summed E-state index contributed by atoms with van der Waals surface area (Å²) in [5, 5.41) is 2.67. The van der Waals surface area contributed by atoms with Gasteiger partial charge in [0.1, 0.15) is 0 Å². The van der Waals surface area contributed by atoms with Gasteiger partial charge in [-0.15, -0.1) is 0 Å². The van der Waals surface area contributed by atoms with Crippen molar-refractivity contribution < 1.29 is 14.3 Å². The summed E-state index contributed by atoms with van der Waals surface area (Å²) in [4.78, 5) is 15.7. The van der Waals surface area contributed by atoms with Gasteiger partial charge in [0.05, 0.1) is 0 Å². The summed E-state index contributed by atoms with van der Waals surface area (Å²) in [5.74, 6) is 1.64. The van der Waals surface area contributed by atoms with Crippen molar-refractivity contribution in [2.75, 3.05) is 40.0 Å². The van der Waals surface area contributed by atoms with Crippen molar-refractivity contribution in [1.29, 1.82) is 0 Å². The van der Waals surface area contributed by atoms with E-state index in [1.165, 1.54) is 5.56 Å². The molecule has 1 aromatic carbocycles. The van der Waals surface area contributed by atoms with E-state index in [9.17, 15) is 4.79 Å². The lowest BCUT2D eigenvalue weighted by atomic mass is 10.1.